The van der Waals surface area contributed by atoms with Crippen LogP contribution in [0.25, 0.3) is 0 Å². The number of phenolic OH excluding ortho intramolecular Hbond substituents is 1. The number of aromatic hydroxyl groups is 1. The Hall–Kier alpha value is -0.760. The fourth-order valence-electron chi connectivity index (χ4n) is 0.875. The van der Waals surface area contributed by atoms with E-state index in [9.17, 15) is 5.11 Å². The van der Waals surface area contributed by atoms with Gasteiger partial charge < -0.3 is 10.8 Å². The van der Waals surface area contributed by atoms with E-state index in [0.29, 0.717) is 15.1 Å². The molecule has 0 aliphatic rings. The molecule has 0 spiro atoms. The topological polar surface area (TPSA) is 70.0 Å². The molecule has 1 rings (SSSR count). The lowest BCUT2D eigenvalue weighted by molar-refractivity contribution is 0.463. The molecule has 3 nitrogen and oxygen atoms in total. The second kappa shape index (κ2) is 3.97. The van der Waals surface area contributed by atoms with Crippen LogP contribution in [0.2, 0.25) is 5.02 Å². The van der Waals surface area contributed by atoms with E-state index in [0.717, 1.165) is 0 Å². The lowest BCUT2D eigenvalue weighted by Gasteiger charge is -2.08. The Labute approximate surface area is 88.9 Å². The van der Waals surface area contributed by atoms with Crippen LogP contribution in [-0.2, 0) is 0 Å². The van der Waals surface area contributed by atoms with Crippen molar-refractivity contribution in [2.24, 2.45) is 5.73 Å². The van der Waals surface area contributed by atoms with Crippen molar-refractivity contribution in [2.45, 2.75) is 6.04 Å². The van der Waals surface area contributed by atoms with Crippen molar-refractivity contribution in [3.8, 4) is 11.8 Å². The summed E-state index contributed by atoms with van der Waals surface area (Å²) in [6.07, 6.45) is 0. The summed E-state index contributed by atoms with van der Waals surface area (Å²) < 4.78 is 0.359. The number of halogens is 2. The van der Waals surface area contributed by atoms with E-state index >= 15 is 0 Å². The summed E-state index contributed by atoms with van der Waals surface area (Å²) in [5.41, 5.74) is 5.79. The highest BCUT2D eigenvalue weighted by molar-refractivity contribution is 9.10. The lowest BCUT2D eigenvalue weighted by atomic mass is 10.1. The van der Waals surface area contributed by atoms with Crippen LogP contribution >= 0.6 is 27.5 Å². The molecule has 0 bridgehead atoms. The van der Waals surface area contributed by atoms with Gasteiger partial charge >= 0.3 is 0 Å². The van der Waals surface area contributed by atoms with Gasteiger partial charge in [-0.3, -0.25) is 0 Å². The van der Waals surface area contributed by atoms with E-state index in [1.54, 1.807) is 6.07 Å². The summed E-state index contributed by atoms with van der Waals surface area (Å²) in [6.45, 7) is 0. The number of nitriles is 1. The second-order valence-corrected chi connectivity index (χ2v) is 3.61. The Bertz CT molecular complexity index is 375. The standard InChI is InChI=1S/C8H6BrClN2O/c9-7-5(10)2-1-4(8(7)13)6(12)3-11/h1-2,6,13H,12H2/t6-/m0/s1. The summed E-state index contributed by atoms with van der Waals surface area (Å²) in [5.74, 6) is -0.0819. The number of hydrogen-bond acceptors (Lipinski definition) is 3. The first-order chi connectivity index (χ1) is 6.07. The first-order valence-electron chi connectivity index (χ1n) is 3.40. The Morgan fingerprint density at radius 1 is 1.62 bits per heavy atom. The molecule has 1 aromatic carbocycles. The molecule has 0 heterocycles. The maximum Gasteiger partial charge on any atom is 0.137 e. The van der Waals surface area contributed by atoms with Crippen LogP contribution < -0.4 is 5.73 Å². The minimum Gasteiger partial charge on any atom is -0.506 e. The van der Waals surface area contributed by atoms with Gasteiger partial charge in [-0.1, -0.05) is 17.7 Å². The van der Waals surface area contributed by atoms with Gasteiger partial charge in [0.05, 0.1) is 15.6 Å². The highest BCUT2D eigenvalue weighted by atomic mass is 79.9. The summed E-state index contributed by atoms with van der Waals surface area (Å²) in [7, 11) is 0. The molecule has 0 saturated carbocycles. The maximum atomic E-state index is 9.52. The van der Waals surface area contributed by atoms with Crippen LogP contribution in [0, 0.1) is 11.3 Å². The Morgan fingerprint density at radius 3 is 2.77 bits per heavy atom. The number of rotatable bonds is 1. The van der Waals surface area contributed by atoms with Gasteiger partial charge in [0.1, 0.15) is 11.8 Å². The zero-order valence-electron chi connectivity index (χ0n) is 6.46. The fraction of sp³-hybridized carbons (Fsp3) is 0.125. The van der Waals surface area contributed by atoms with Crippen LogP contribution in [0.15, 0.2) is 16.6 Å². The Morgan fingerprint density at radius 2 is 2.23 bits per heavy atom. The number of benzene rings is 1. The molecule has 13 heavy (non-hydrogen) atoms. The first kappa shape index (κ1) is 10.3. The Balaban J connectivity index is 3.28. The van der Waals surface area contributed by atoms with Crippen LogP contribution in [0.1, 0.15) is 11.6 Å². The van der Waals surface area contributed by atoms with Crippen molar-refractivity contribution in [1.82, 2.24) is 0 Å². The summed E-state index contributed by atoms with van der Waals surface area (Å²) >= 11 is 8.78. The van der Waals surface area contributed by atoms with Crippen LogP contribution in [0.3, 0.4) is 0 Å². The van der Waals surface area contributed by atoms with E-state index in [2.05, 4.69) is 15.9 Å². The number of nitrogens with two attached hydrogens (primary N) is 1. The van der Waals surface area contributed by atoms with Crippen molar-refractivity contribution in [3.63, 3.8) is 0 Å². The molecule has 68 valence electrons. The predicted octanol–water partition coefficient (Wildman–Crippen LogP) is 2.33. The molecule has 0 aliphatic heterocycles. The fourth-order valence-corrected chi connectivity index (χ4v) is 1.39. The minimum atomic E-state index is -0.839. The molecule has 0 amide bonds. The third-order valence-electron chi connectivity index (χ3n) is 1.57. The second-order valence-electron chi connectivity index (χ2n) is 2.41. The molecule has 1 atom stereocenters. The van der Waals surface area contributed by atoms with Crippen molar-refractivity contribution in [1.29, 1.82) is 5.26 Å². The highest BCUT2D eigenvalue weighted by Gasteiger charge is 2.14. The van der Waals surface area contributed by atoms with Gasteiger partial charge in [0, 0.05) is 5.56 Å². The third-order valence-corrected chi connectivity index (χ3v) is 2.92. The SMILES string of the molecule is N#C[C@H](N)c1ccc(Cl)c(Br)c1O. The molecule has 0 fully saturated rings. The van der Waals surface area contributed by atoms with Crippen molar-refractivity contribution in [3.05, 3.63) is 27.2 Å². The molecule has 1 aromatic rings. The van der Waals surface area contributed by atoms with E-state index in [1.807, 2.05) is 6.07 Å². The zero-order valence-corrected chi connectivity index (χ0v) is 8.80. The Kier molecular flexibility index (Phi) is 3.15. The van der Waals surface area contributed by atoms with E-state index in [1.165, 1.54) is 6.07 Å². The number of hydrogen-bond donors (Lipinski definition) is 2. The average molecular weight is 262 g/mol. The van der Waals surface area contributed by atoms with E-state index < -0.39 is 6.04 Å². The van der Waals surface area contributed by atoms with Crippen molar-refractivity contribution in [2.75, 3.05) is 0 Å². The molecule has 0 unspecified atom stereocenters. The normalized spacial score (nSPS) is 12.2. The lowest BCUT2D eigenvalue weighted by Crippen LogP contribution is -2.07. The average Bonchev–Trinajstić information content (AvgIpc) is 2.13. The van der Waals surface area contributed by atoms with E-state index in [4.69, 9.17) is 22.6 Å². The van der Waals surface area contributed by atoms with Gasteiger partial charge in [-0.15, -0.1) is 0 Å². The minimum absolute atomic E-state index is 0.0819. The molecule has 3 N–H and O–H groups in total. The number of phenols is 1. The van der Waals surface area contributed by atoms with E-state index in [-0.39, 0.29) is 5.75 Å². The van der Waals surface area contributed by atoms with Gasteiger partial charge in [-0.05, 0) is 22.0 Å². The van der Waals surface area contributed by atoms with Gasteiger partial charge in [-0.2, -0.15) is 5.26 Å². The monoisotopic (exact) mass is 260 g/mol. The quantitative estimate of drug-likeness (QED) is 0.815. The summed E-state index contributed by atoms with van der Waals surface area (Å²) in [4.78, 5) is 0. The zero-order chi connectivity index (χ0) is 10.0. The van der Waals surface area contributed by atoms with Crippen LogP contribution in [0.4, 0.5) is 0 Å². The van der Waals surface area contributed by atoms with Crippen molar-refractivity contribution >= 4 is 27.5 Å². The summed E-state index contributed by atoms with van der Waals surface area (Å²) in [5, 5.41) is 18.4. The molecular formula is C8H6BrClN2O. The predicted molar refractivity (Wildman–Crippen MR) is 53.4 cm³/mol. The molecule has 0 aromatic heterocycles. The van der Waals surface area contributed by atoms with Crippen LogP contribution in [-0.4, -0.2) is 5.11 Å². The van der Waals surface area contributed by atoms with Crippen LogP contribution in [0.5, 0.6) is 5.75 Å². The molecular weight excluding hydrogens is 255 g/mol. The smallest absolute Gasteiger partial charge is 0.137 e. The summed E-state index contributed by atoms with van der Waals surface area (Å²) in [6, 6.07) is 4.07. The molecule has 0 radical (unpaired) electrons. The maximum absolute atomic E-state index is 9.52. The molecule has 0 aliphatic carbocycles. The van der Waals surface area contributed by atoms with Gasteiger partial charge in [0.2, 0.25) is 0 Å². The van der Waals surface area contributed by atoms with Crippen molar-refractivity contribution < 1.29 is 5.11 Å². The third kappa shape index (κ3) is 1.94. The molecule has 0 saturated heterocycles. The number of nitrogens with zero attached hydrogens (tertiary/aromatic N) is 1. The molecule has 5 heteroatoms. The van der Waals surface area contributed by atoms with Gasteiger partial charge in [0.15, 0.2) is 0 Å². The highest BCUT2D eigenvalue weighted by Crippen LogP contribution is 2.36. The van der Waals surface area contributed by atoms with Gasteiger partial charge in [-0.25, -0.2) is 0 Å². The van der Waals surface area contributed by atoms with Gasteiger partial charge in [0.25, 0.3) is 0 Å². The largest absolute Gasteiger partial charge is 0.506 e. The first-order valence-corrected chi connectivity index (χ1v) is 4.57.